The topological polar surface area (TPSA) is 102 Å². The number of carbonyl (C=O) groups excluding carboxylic acids is 1. The molecule has 0 saturated heterocycles. The van der Waals surface area contributed by atoms with Crippen LogP contribution in [0, 0.1) is 5.82 Å². The lowest BCUT2D eigenvalue weighted by Crippen LogP contribution is -2.05. The van der Waals surface area contributed by atoms with E-state index in [1.54, 1.807) is 24.3 Å². The third-order valence-electron chi connectivity index (χ3n) is 3.32. The quantitative estimate of drug-likeness (QED) is 0.628. The van der Waals surface area contributed by atoms with Gasteiger partial charge in [-0.15, -0.1) is 5.11 Å². The van der Waals surface area contributed by atoms with E-state index in [1.165, 1.54) is 31.2 Å². The summed E-state index contributed by atoms with van der Waals surface area (Å²) >= 11 is 0. The van der Waals surface area contributed by atoms with Crippen molar-refractivity contribution in [2.24, 2.45) is 10.2 Å². The van der Waals surface area contributed by atoms with Crippen LogP contribution in [0.5, 0.6) is 0 Å². The first-order valence-electron chi connectivity index (χ1n) is 7.39. The standard InChI is InChI=1S/C17H14FN5O2/c1-10(24)19-13-3-2-4-14(9-13)20-22-16-15(21-23-17(16)25)11-5-7-12(18)8-6-11/h2-9H,1H3,(H,19,24)(H2,21,23,25). The second-order valence-corrected chi connectivity index (χ2v) is 5.24. The van der Waals surface area contributed by atoms with Gasteiger partial charge in [0.1, 0.15) is 5.82 Å². The van der Waals surface area contributed by atoms with Crippen molar-refractivity contribution in [2.45, 2.75) is 6.92 Å². The Hall–Kier alpha value is -3.55. The van der Waals surface area contributed by atoms with Crippen molar-refractivity contribution >= 4 is 23.0 Å². The minimum Gasteiger partial charge on any atom is -0.326 e. The van der Waals surface area contributed by atoms with Gasteiger partial charge in [0.25, 0.3) is 5.56 Å². The molecule has 0 aliphatic rings. The fourth-order valence-corrected chi connectivity index (χ4v) is 2.23. The number of aromatic amines is 2. The predicted molar refractivity (Wildman–Crippen MR) is 91.7 cm³/mol. The van der Waals surface area contributed by atoms with E-state index in [9.17, 15) is 14.0 Å². The number of hydrogen-bond acceptors (Lipinski definition) is 4. The second kappa shape index (κ2) is 6.91. The van der Waals surface area contributed by atoms with Crippen LogP contribution in [0.3, 0.4) is 0 Å². The Balaban J connectivity index is 1.92. The Morgan fingerprint density at radius 2 is 1.84 bits per heavy atom. The summed E-state index contributed by atoms with van der Waals surface area (Å²) in [6.07, 6.45) is 0. The summed E-state index contributed by atoms with van der Waals surface area (Å²) in [6, 6.07) is 12.4. The highest BCUT2D eigenvalue weighted by Crippen LogP contribution is 2.27. The molecule has 1 aromatic heterocycles. The average molecular weight is 339 g/mol. The molecular weight excluding hydrogens is 325 g/mol. The van der Waals surface area contributed by atoms with Crippen LogP contribution in [-0.4, -0.2) is 16.1 Å². The number of halogens is 1. The second-order valence-electron chi connectivity index (χ2n) is 5.24. The van der Waals surface area contributed by atoms with Crippen molar-refractivity contribution in [3.8, 4) is 11.3 Å². The van der Waals surface area contributed by atoms with Gasteiger partial charge in [-0.05, 0) is 42.5 Å². The van der Waals surface area contributed by atoms with Gasteiger partial charge in [0.2, 0.25) is 5.91 Å². The van der Waals surface area contributed by atoms with E-state index in [0.717, 1.165) is 0 Å². The molecule has 0 unspecified atom stereocenters. The van der Waals surface area contributed by atoms with Crippen LogP contribution in [0.25, 0.3) is 11.3 Å². The highest BCUT2D eigenvalue weighted by atomic mass is 19.1. The molecule has 2 aromatic carbocycles. The SMILES string of the molecule is CC(=O)Nc1cccc(N=Nc2c(-c3ccc(F)cc3)[nH][nH]c2=O)c1. The van der Waals surface area contributed by atoms with Crippen molar-refractivity contribution in [3.63, 3.8) is 0 Å². The van der Waals surface area contributed by atoms with E-state index in [-0.39, 0.29) is 17.4 Å². The maximum atomic E-state index is 13.1. The fraction of sp³-hybridized carbons (Fsp3) is 0.0588. The Kier molecular flexibility index (Phi) is 4.51. The van der Waals surface area contributed by atoms with E-state index >= 15 is 0 Å². The lowest BCUT2D eigenvalue weighted by Gasteiger charge is -2.02. The smallest absolute Gasteiger partial charge is 0.292 e. The number of aromatic nitrogens is 2. The normalized spacial score (nSPS) is 11.0. The lowest BCUT2D eigenvalue weighted by atomic mass is 10.1. The highest BCUT2D eigenvalue weighted by molar-refractivity contribution is 5.89. The molecular formula is C17H14FN5O2. The molecule has 3 rings (SSSR count). The number of rotatable bonds is 4. The number of azo groups is 1. The summed E-state index contributed by atoms with van der Waals surface area (Å²) in [5.74, 6) is -0.575. The maximum Gasteiger partial charge on any atom is 0.292 e. The molecule has 0 fully saturated rings. The maximum absolute atomic E-state index is 13.1. The first kappa shape index (κ1) is 16.3. The third kappa shape index (κ3) is 3.86. The van der Waals surface area contributed by atoms with Crippen LogP contribution < -0.4 is 10.9 Å². The van der Waals surface area contributed by atoms with E-state index < -0.39 is 5.56 Å². The van der Waals surface area contributed by atoms with Gasteiger partial charge in [-0.1, -0.05) is 6.07 Å². The number of hydrogen-bond donors (Lipinski definition) is 3. The van der Waals surface area contributed by atoms with Crippen molar-refractivity contribution in [1.82, 2.24) is 10.2 Å². The lowest BCUT2D eigenvalue weighted by molar-refractivity contribution is -0.114. The monoisotopic (exact) mass is 339 g/mol. The Morgan fingerprint density at radius 1 is 1.08 bits per heavy atom. The van der Waals surface area contributed by atoms with Crippen LogP contribution in [0.15, 0.2) is 63.6 Å². The number of amides is 1. The largest absolute Gasteiger partial charge is 0.326 e. The van der Waals surface area contributed by atoms with Crippen LogP contribution in [0.1, 0.15) is 6.92 Å². The van der Waals surface area contributed by atoms with Crippen LogP contribution in [0.2, 0.25) is 0 Å². The van der Waals surface area contributed by atoms with Crippen LogP contribution in [-0.2, 0) is 4.79 Å². The van der Waals surface area contributed by atoms with Crippen LogP contribution >= 0.6 is 0 Å². The molecule has 1 heterocycles. The van der Waals surface area contributed by atoms with Crippen molar-refractivity contribution in [3.05, 3.63) is 64.7 Å². The van der Waals surface area contributed by atoms with E-state index in [0.29, 0.717) is 22.6 Å². The number of nitrogens with zero attached hydrogens (tertiary/aromatic N) is 2. The van der Waals surface area contributed by atoms with Gasteiger partial charge < -0.3 is 5.32 Å². The molecule has 8 heteroatoms. The summed E-state index contributed by atoms with van der Waals surface area (Å²) in [5.41, 5.74) is 1.69. The average Bonchev–Trinajstić information content (AvgIpc) is 2.94. The van der Waals surface area contributed by atoms with Gasteiger partial charge in [-0.25, -0.2) is 4.39 Å². The summed E-state index contributed by atoms with van der Waals surface area (Å²) in [5, 5.41) is 15.8. The highest BCUT2D eigenvalue weighted by Gasteiger charge is 2.11. The van der Waals surface area contributed by atoms with Gasteiger partial charge in [-0.3, -0.25) is 19.8 Å². The first-order valence-corrected chi connectivity index (χ1v) is 7.39. The number of nitrogens with one attached hydrogen (secondary N) is 3. The summed E-state index contributed by atoms with van der Waals surface area (Å²) in [6.45, 7) is 1.41. The molecule has 0 aliphatic carbocycles. The molecule has 0 bridgehead atoms. The van der Waals surface area contributed by atoms with Gasteiger partial charge in [-0.2, -0.15) is 5.11 Å². The number of anilines is 1. The van der Waals surface area contributed by atoms with Crippen molar-refractivity contribution in [2.75, 3.05) is 5.32 Å². The molecule has 126 valence electrons. The van der Waals surface area contributed by atoms with E-state index in [1.807, 2.05) is 0 Å². The summed E-state index contributed by atoms with van der Waals surface area (Å²) in [4.78, 5) is 23.0. The summed E-state index contributed by atoms with van der Waals surface area (Å²) < 4.78 is 13.1. The molecule has 3 aromatic rings. The minimum atomic E-state index is -0.443. The van der Waals surface area contributed by atoms with Gasteiger partial charge in [0.05, 0.1) is 11.4 Å². The molecule has 7 nitrogen and oxygen atoms in total. The molecule has 0 aliphatic heterocycles. The minimum absolute atomic E-state index is 0.0801. The number of H-pyrrole nitrogens is 2. The predicted octanol–water partition coefficient (Wildman–Crippen LogP) is 3.88. The zero-order chi connectivity index (χ0) is 17.8. The van der Waals surface area contributed by atoms with E-state index in [4.69, 9.17) is 0 Å². The first-order chi connectivity index (χ1) is 12.0. The van der Waals surface area contributed by atoms with Gasteiger partial charge in [0.15, 0.2) is 5.69 Å². The Morgan fingerprint density at radius 3 is 2.56 bits per heavy atom. The zero-order valence-corrected chi connectivity index (χ0v) is 13.2. The molecule has 3 N–H and O–H groups in total. The van der Waals surface area contributed by atoms with Crippen molar-refractivity contribution in [1.29, 1.82) is 0 Å². The van der Waals surface area contributed by atoms with Crippen LogP contribution in [0.4, 0.5) is 21.5 Å². The van der Waals surface area contributed by atoms with Crippen molar-refractivity contribution < 1.29 is 9.18 Å². The Labute approximate surface area is 141 Å². The Bertz CT molecular complexity index is 989. The summed E-state index contributed by atoms with van der Waals surface area (Å²) in [7, 11) is 0. The molecule has 25 heavy (non-hydrogen) atoms. The zero-order valence-electron chi connectivity index (χ0n) is 13.2. The molecule has 1 amide bonds. The van der Waals surface area contributed by atoms with Gasteiger partial charge in [0, 0.05) is 18.2 Å². The number of carbonyl (C=O) groups is 1. The molecule has 0 atom stereocenters. The fourth-order valence-electron chi connectivity index (χ4n) is 2.23. The molecule has 0 spiro atoms. The molecule has 0 saturated carbocycles. The van der Waals surface area contributed by atoms with E-state index in [2.05, 4.69) is 25.7 Å². The number of benzene rings is 2. The molecule has 0 radical (unpaired) electrons. The van der Waals surface area contributed by atoms with Gasteiger partial charge >= 0.3 is 0 Å². The third-order valence-corrected chi connectivity index (χ3v) is 3.32.